The molecule has 0 aliphatic carbocycles. The van der Waals surface area contributed by atoms with Crippen LogP contribution in [0.15, 0.2) is 12.3 Å². The van der Waals surface area contributed by atoms with Gasteiger partial charge < -0.3 is 5.32 Å². The average molecular weight is 139 g/mol. The molecule has 0 aromatic rings. The van der Waals surface area contributed by atoms with Crippen LogP contribution in [-0.4, -0.2) is 6.54 Å². The second-order valence-electron chi connectivity index (χ2n) is 3.20. The second kappa shape index (κ2) is 3.65. The summed E-state index contributed by atoms with van der Waals surface area (Å²) in [5, 5.41) is 3.23. The molecule has 0 amide bonds. The van der Waals surface area contributed by atoms with E-state index < -0.39 is 0 Å². The van der Waals surface area contributed by atoms with Gasteiger partial charge >= 0.3 is 0 Å². The molecule has 0 saturated heterocycles. The van der Waals surface area contributed by atoms with E-state index in [9.17, 15) is 0 Å². The van der Waals surface area contributed by atoms with Crippen molar-refractivity contribution in [1.82, 2.24) is 5.32 Å². The largest absolute Gasteiger partial charge is 0.391 e. The van der Waals surface area contributed by atoms with E-state index in [1.54, 1.807) is 0 Å². The standard InChI is InChI=1S/C9H17N/c1-3-4-8(2)9-5-6-10-7-9/h5-6,8-10H,3-4,7H2,1-2H3. The predicted molar refractivity (Wildman–Crippen MR) is 44.7 cm³/mol. The van der Waals surface area contributed by atoms with E-state index in [1.165, 1.54) is 12.8 Å². The van der Waals surface area contributed by atoms with Crippen molar-refractivity contribution in [3.05, 3.63) is 12.3 Å². The molecule has 0 fully saturated rings. The fourth-order valence-corrected chi connectivity index (χ4v) is 1.52. The minimum Gasteiger partial charge on any atom is -0.391 e. The van der Waals surface area contributed by atoms with Crippen LogP contribution in [-0.2, 0) is 0 Å². The van der Waals surface area contributed by atoms with Gasteiger partial charge in [-0.15, -0.1) is 0 Å². The summed E-state index contributed by atoms with van der Waals surface area (Å²) in [7, 11) is 0. The van der Waals surface area contributed by atoms with Gasteiger partial charge in [0.15, 0.2) is 0 Å². The zero-order chi connectivity index (χ0) is 7.40. The Bertz CT molecular complexity index is 118. The van der Waals surface area contributed by atoms with Crippen molar-refractivity contribution in [3.63, 3.8) is 0 Å². The first kappa shape index (κ1) is 7.64. The number of rotatable bonds is 3. The molecule has 0 spiro atoms. The normalized spacial score (nSPS) is 26.4. The number of hydrogen-bond donors (Lipinski definition) is 1. The highest BCUT2D eigenvalue weighted by Gasteiger charge is 2.15. The van der Waals surface area contributed by atoms with Gasteiger partial charge in [-0.1, -0.05) is 32.8 Å². The zero-order valence-electron chi connectivity index (χ0n) is 6.93. The minimum absolute atomic E-state index is 0.792. The van der Waals surface area contributed by atoms with Gasteiger partial charge in [0.25, 0.3) is 0 Å². The van der Waals surface area contributed by atoms with E-state index in [0.29, 0.717) is 0 Å². The van der Waals surface area contributed by atoms with Crippen LogP contribution in [0.2, 0.25) is 0 Å². The fraction of sp³-hybridized carbons (Fsp3) is 0.778. The third-order valence-electron chi connectivity index (χ3n) is 2.29. The Hall–Kier alpha value is -0.460. The van der Waals surface area contributed by atoms with Gasteiger partial charge in [0.2, 0.25) is 0 Å². The summed E-state index contributed by atoms with van der Waals surface area (Å²) in [5.41, 5.74) is 0. The average Bonchev–Trinajstić information content (AvgIpc) is 2.38. The van der Waals surface area contributed by atoms with Crippen molar-refractivity contribution in [2.24, 2.45) is 11.8 Å². The van der Waals surface area contributed by atoms with Crippen LogP contribution >= 0.6 is 0 Å². The van der Waals surface area contributed by atoms with Gasteiger partial charge in [0.05, 0.1) is 0 Å². The lowest BCUT2D eigenvalue weighted by atomic mass is 9.91. The summed E-state index contributed by atoms with van der Waals surface area (Å²) in [6.07, 6.45) is 7.04. The molecule has 0 aromatic carbocycles. The molecule has 0 aromatic heterocycles. The van der Waals surface area contributed by atoms with Gasteiger partial charge in [0.1, 0.15) is 0 Å². The van der Waals surface area contributed by atoms with Crippen LogP contribution in [0.3, 0.4) is 0 Å². The van der Waals surface area contributed by atoms with Gasteiger partial charge in [-0.3, -0.25) is 0 Å². The Balaban J connectivity index is 2.26. The summed E-state index contributed by atoms with van der Waals surface area (Å²) in [6, 6.07) is 0. The molecule has 1 rings (SSSR count). The molecule has 2 atom stereocenters. The number of nitrogens with one attached hydrogen (secondary N) is 1. The van der Waals surface area contributed by atoms with Gasteiger partial charge in [-0.2, -0.15) is 0 Å². The molecule has 58 valence electrons. The van der Waals surface area contributed by atoms with Crippen molar-refractivity contribution in [2.75, 3.05) is 6.54 Å². The van der Waals surface area contributed by atoms with Crippen LogP contribution in [0.1, 0.15) is 26.7 Å². The summed E-state index contributed by atoms with van der Waals surface area (Å²) in [5.74, 6) is 1.65. The van der Waals surface area contributed by atoms with E-state index in [4.69, 9.17) is 0 Å². The van der Waals surface area contributed by atoms with Crippen molar-refractivity contribution < 1.29 is 0 Å². The van der Waals surface area contributed by atoms with Crippen LogP contribution in [0.5, 0.6) is 0 Å². The second-order valence-corrected chi connectivity index (χ2v) is 3.20. The van der Waals surface area contributed by atoms with E-state index in [0.717, 1.165) is 18.4 Å². The Morgan fingerprint density at radius 2 is 2.50 bits per heavy atom. The summed E-state index contributed by atoms with van der Waals surface area (Å²) in [6.45, 7) is 5.75. The topological polar surface area (TPSA) is 12.0 Å². The Kier molecular flexibility index (Phi) is 2.79. The Labute approximate surface area is 63.5 Å². The molecule has 1 heterocycles. The first-order valence-electron chi connectivity index (χ1n) is 4.24. The molecule has 1 aliphatic rings. The molecule has 0 radical (unpaired) electrons. The van der Waals surface area contributed by atoms with Crippen molar-refractivity contribution in [2.45, 2.75) is 26.7 Å². The summed E-state index contributed by atoms with van der Waals surface area (Å²) >= 11 is 0. The Morgan fingerprint density at radius 3 is 3.00 bits per heavy atom. The predicted octanol–water partition coefficient (Wildman–Crippen LogP) is 2.16. The first-order chi connectivity index (χ1) is 4.84. The summed E-state index contributed by atoms with van der Waals surface area (Å²) in [4.78, 5) is 0. The van der Waals surface area contributed by atoms with Crippen LogP contribution in [0.4, 0.5) is 0 Å². The zero-order valence-corrected chi connectivity index (χ0v) is 6.93. The van der Waals surface area contributed by atoms with Crippen molar-refractivity contribution >= 4 is 0 Å². The van der Waals surface area contributed by atoms with E-state index >= 15 is 0 Å². The maximum absolute atomic E-state index is 3.23. The van der Waals surface area contributed by atoms with E-state index in [2.05, 4.69) is 31.4 Å². The maximum Gasteiger partial charge on any atom is 0.0207 e. The fourth-order valence-electron chi connectivity index (χ4n) is 1.52. The van der Waals surface area contributed by atoms with Gasteiger partial charge in [0, 0.05) is 6.54 Å². The first-order valence-corrected chi connectivity index (χ1v) is 4.24. The van der Waals surface area contributed by atoms with Gasteiger partial charge in [-0.25, -0.2) is 0 Å². The molecule has 1 nitrogen and oxygen atoms in total. The highest BCUT2D eigenvalue weighted by molar-refractivity contribution is 4.97. The van der Waals surface area contributed by atoms with Crippen LogP contribution in [0.25, 0.3) is 0 Å². The van der Waals surface area contributed by atoms with Crippen molar-refractivity contribution in [1.29, 1.82) is 0 Å². The third-order valence-corrected chi connectivity index (χ3v) is 2.29. The van der Waals surface area contributed by atoms with Gasteiger partial charge in [-0.05, 0) is 18.0 Å². The lowest BCUT2D eigenvalue weighted by molar-refractivity contribution is 0.406. The molecular formula is C9H17N. The lowest BCUT2D eigenvalue weighted by Crippen LogP contribution is -2.15. The lowest BCUT2D eigenvalue weighted by Gasteiger charge is -2.15. The van der Waals surface area contributed by atoms with E-state index in [-0.39, 0.29) is 0 Å². The monoisotopic (exact) mass is 139 g/mol. The number of hydrogen-bond acceptors (Lipinski definition) is 1. The van der Waals surface area contributed by atoms with Crippen LogP contribution in [0, 0.1) is 11.8 Å². The highest BCUT2D eigenvalue weighted by atomic mass is 14.9. The molecule has 1 N–H and O–H groups in total. The smallest absolute Gasteiger partial charge is 0.0207 e. The minimum atomic E-state index is 0.792. The highest BCUT2D eigenvalue weighted by Crippen LogP contribution is 2.19. The molecule has 1 heteroatoms. The maximum atomic E-state index is 3.23. The third kappa shape index (κ3) is 1.76. The molecule has 10 heavy (non-hydrogen) atoms. The molecule has 0 saturated carbocycles. The summed E-state index contributed by atoms with van der Waals surface area (Å²) < 4.78 is 0. The molecule has 0 bridgehead atoms. The quantitative estimate of drug-likeness (QED) is 0.631. The van der Waals surface area contributed by atoms with E-state index in [1.807, 2.05) is 0 Å². The molecule has 2 unspecified atom stereocenters. The van der Waals surface area contributed by atoms with Crippen LogP contribution < -0.4 is 5.32 Å². The molecular weight excluding hydrogens is 122 g/mol. The Morgan fingerprint density at radius 1 is 1.70 bits per heavy atom. The van der Waals surface area contributed by atoms with Crippen molar-refractivity contribution in [3.8, 4) is 0 Å². The SMILES string of the molecule is CCCC(C)C1C=CNC1. The molecule has 1 aliphatic heterocycles.